The van der Waals surface area contributed by atoms with Gasteiger partial charge in [-0.15, -0.1) is 6.58 Å². The van der Waals surface area contributed by atoms with Gasteiger partial charge in [-0.05, 0) is 20.8 Å². The van der Waals surface area contributed by atoms with Crippen LogP contribution in [0.15, 0.2) is 12.7 Å². The summed E-state index contributed by atoms with van der Waals surface area (Å²) in [6.45, 7) is 9.53. The molecule has 0 aromatic heterocycles. The van der Waals surface area contributed by atoms with Crippen molar-refractivity contribution in [2.75, 3.05) is 6.54 Å². The number of hydrogen-bond donors (Lipinski definition) is 0. The summed E-state index contributed by atoms with van der Waals surface area (Å²) in [6, 6.07) is -0.226. The fourth-order valence-electron chi connectivity index (χ4n) is 1.61. The highest BCUT2D eigenvalue weighted by atomic mass is 16.6. The number of ether oxygens (including phenoxy) is 1. The van der Waals surface area contributed by atoms with E-state index in [-0.39, 0.29) is 17.9 Å². The standard InChI is InChI=1S/C12H19NO3/c1-5-9-8-10(14)6-7-13(9)11(15)16-12(2,3)4/h5,9H,1,6-8H2,2-4H3/t9-/m1/s1. The predicted molar refractivity (Wildman–Crippen MR) is 61.2 cm³/mol. The highest BCUT2D eigenvalue weighted by Crippen LogP contribution is 2.19. The normalized spacial score (nSPS) is 21.8. The third kappa shape index (κ3) is 3.36. The van der Waals surface area contributed by atoms with Crippen LogP contribution < -0.4 is 0 Å². The lowest BCUT2D eigenvalue weighted by atomic mass is 10.0. The van der Waals surface area contributed by atoms with E-state index in [4.69, 9.17) is 4.74 Å². The number of ketones is 1. The van der Waals surface area contributed by atoms with Gasteiger partial charge in [0.05, 0.1) is 6.04 Å². The summed E-state index contributed by atoms with van der Waals surface area (Å²) >= 11 is 0. The number of hydrogen-bond acceptors (Lipinski definition) is 3. The quantitative estimate of drug-likeness (QED) is 0.642. The molecule has 90 valence electrons. The van der Waals surface area contributed by atoms with E-state index < -0.39 is 5.60 Å². The maximum Gasteiger partial charge on any atom is 0.410 e. The topological polar surface area (TPSA) is 46.6 Å². The van der Waals surface area contributed by atoms with Gasteiger partial charge < -0.3 is 9.64 Å². The first kappa shape index (κ1) is 12.7. The third-order valence-corrected chi connectivity index (χ3v) is 2.37. The van der Waals surface area contributed by atoms with Gasteiger partial charge in [0.15, 0.2) is 0 Å². The number of amides is 1. The van der Waals surface area contributed by atoms with Crippen molar-refractivity contribution in [2.45, 2.75) is 45.3 Å². The van der Waals surface area contributed by atoms with Crippen LogP contribution in [0.1, 0.15) is 33.6 Å². The van der Waals surface area contributed by atoms with E-state index in [1.807, 2.05) is 20.8 Å². The fourth-order valence-corrected chi connectivity index (χ4v) is 1.61. The van der Waals surface area contributed by atoms with E-state index in [1.165, 1.54) is 0 Å². The zero-order valence-electron chi connectivity index (χ0n) is 10.2. The Bertz CT molecular complexity index is 304. The first-order chi connectivity index (χ1) is 7.33. The van der Waals surface area contributed by atoms with Gasteiger partial charge in [-0.3, -0.25) is 4.79 Å². The molecule has 1 aliphatic rings. The third-order valence-electron chi connectivity index (χ3n) is 2.37. The molecule has 1 aliphatic heterocycles. The summed E-state index contributed by atoms with van der Waals surface area (Å²) in [5.41, 5.74) is -0.510. The second-order valence-corrected chi connectivity index (χ2v) is 4.97. The summed E-state index contributed by atoms with van der Waals surface area (Å²) in [4.78, 5) is 24.7. The van der Waals surface area contributed by atoms with Crippen molar-refractivity contribution in [3.8, 4) is 0 Å². The van der Waals surface area contributed by atoms with Crippen molar-refractivity contribution in [1.29, 1.82) is 0 Å². The van der Waals surface area contributed by atoms with E-state index in [2.05, 4.69) is 6.58 Å². The first-order valence-corrected chi connectivity index (χ1v) is 5.47. The van der Waals surface area contributed by atoms with E-state index in [9.17, 15) is 9.59 Å². The molecule has 0 radical (unpaired) electrons. The predicted octanol–water partition coefficient (Wildman–Crippen LogP) is 2.14. The molecule has 1 atom stereocenters. The Morgan fingerprint density at radius 3 is 2.69 bits per heavy atom. The van der Waals surface area contributed by atoms with Crippen molar-refractivity contribution in [2.24, 2.45) is 0 Å². The van der Waals surface area contributed by atoms with Crippen molar-refractivity contribution in [1.82, 2.24) is 4.90 Å². The summed E-state index contributed by atoms with van der Waals surface area (Å²) in [7, 11) is 0. The van der Waals surface area contributed by atoms with E-state index in [0.29, 0.717) is 19.4 Å². The van der Waals surface area contributed by atoms with Crippen LogP contribution in [-0.4, -0.2) is 35.0 Å². The molecule has 0 spiro atoms. The molecular weight excluding hydrogens is 206 g/mol. The molecule has 1 amide bonds. The molecule has 16 heavy (non-hydrogen) atoms. The Hall–Kier alpha value is -1.32. The molecule has 4 nitrogen and oxygen atoms in total. The van der Waals surface area contributed by atoms with Gasteiger partial charge >= 0.3 is 6.09 Å². The Morgan fingerprint density at radius 2 is 2.19 bits per heavy atom. The number of piperidine rings is 1. The van der Waals surface area contributed by atoms with E-state index >= 15 is 0 Å². The average molecular weight is 225 g/mol. The molecular formula is C12H19NO3. The lowest BCUT2D eigenvalue weighted by Gasteiger charge is -2.34. The number of rotatable bonds is 1. The largest absolute Gasteiger partial charge is 0.444 e. The summed E-state index contributed by atoms with van der Waals surface area (Å²) in [6.07, 6.45) is 2.01. The molecule has 0 aromatic carbocycles. The van der Waals surface area contributed by atoms with E-state index in [1.54, 1.807) is 11.0 Å². The molecule has 1 heterocycles. The van der Waals surface area contributed by atoms with Crippen LogP contribution in [0.4, 0.5) is 4.79 Å². The number of carbonyl (C=O) groups is 2. The maximum atomic E-state index is 11.8. The minimum absolute atomic E-state index is 0.171. The zero-order chi connectivity index (χ0) is 12.3. The fraction of sp³-hybridized carbons (Fsp3) is 0.667. The Labute approximate surface area is 96.3 Å². The SMILES string of the molecule is C=C[C@@H]1CC(=O)CCN1C(=O)OC(C)(C)C. The van der Waals surface area contributed by atoms with Crippen molar-refractivity contribution in [3.63, 3.8) is 0 Å². The molecule has 0 aromatic rings. The van der Waals surface area contributed by atoms with Crippen LogP contribution in [0.25, 0.3) is 0 Å². The van der Waals surface area contributed by atoms with Crippen molar-refractivity contribution in [3.05, 3.63) is 12.7 Å². The highest BCUT2D eigenvalue weighted by Gasteiger charge is 2.31. The number of carbonyl (C=O) groups excluding carboxylic acids is 2. The Morgan fingerprint density at radius 1 is 1.56 bits per heavy atom. The zero-order valence-corrected chi connectivity index (χ0v) is 10.2. The maximum absolute atomic E-state index is 11.8. The average Bonchev–Trinajstić information content (AvgIpc) is 2.14. The molecule has 1 saturated heterocycles. The van der Waals surface area contributed by atoms with Gasteiger partial charge in [0.25, 0.3) is 0 Å². The molecule has 1 fully saturated rings. The monoisotopic (exact) mass is 225 g/mol. The Balaban J connectivity index is 2.67. The molecule has 0 N–H and O–H groups in total. The van der Waals surface area contributed by atoms with Crippen molar-refractivity contribution >= 4 is 11.9 Å². The van der Waals surface area contributed by atoms with Crippen LogP contribution >= 0.6 is 0 Å². The van der Waals surface area contributed by atoms with E-state index in [0.717, 1.165) is 0 Å². The van der Waals surface area contributed by atoms with Crippen molar-refractivity contribution < 1.29 is 14.3 Å². The molecule has 1 rings (SSSR count). The van der Waals surface area contributed by atoms with Gasteiger partial charge in [0.1, 0.15) is 11.4 Å². The highest BCUT2D eigenvalue weighted by molar-refractivity contribution is 5.82. The summed E-state index contributed by atoms with van der Waals surface area (Å²) < 4.78 is 5.27. The second kappa shape index (κ2) is 4.68. The van der Waals surface area contributed by atoms with Gasteiger partial charge in [-0.2, -0.15) is 0 Å². The van der Waals surface area contributed by atoms with Gasteiger partial charge in [0.2, 0.25) is 0 Å². The smallest absolute Gasteiger partial charge is 0.410 e. The number of nitrogens with zero attached hydrogens (tertiary/aromatic N) is 1. The Kier molecular flexibility index (Phi) is 3.73. The molecule has 0 unspecified atom stereocenters. The van der Waals surface area contributed by atoms with Gasteiger partial charge in [-0.25, -0.2) is 4.79 Å². The van der Waals surface area contributed by atoms with Crippen LogP contribution in [0, 0.1) is 0 Å². The number of Topliss-reactive ketones (excluding diaryl/α,β-unsaturated/α-hetero) is 1. The van der Waals surface area contributed by atoms with Crippen LogP contribution in [0.3, 0.4) is 0 Å². The van der Waals surface area contributed by atoms with Gasteiger partial charge in [-0.1, -0.05) is 6.08 Å². The molecule has 0 saturated carbocycles. The first-order valence-electron chi connectivity index (χ1n) is 5.47. The summed E-state index contributed by atoms with van der Waals surface area (Å²) in [5.74, 6) is 0.171. The summed E-state index contributed by atoms with van der Waals surface area (Å²) in [5, 5.41) is 0. The lowest BCUT2D eigenvalue weighted by Crippen LogP contribution is -2.47. The minimum Gasteiger partial charge on any atom is -0.444 e. The minimum atomic E-state index is -0.510. The van der Waals surface area contributed by atoms with Crippen LogP contribution in [0.5, 0.6) is 0 Å². The number of likely N-dealkylation sites (tertiary alicyclic amines) is 1. The molecule has 0 aliphatic carbocycles. The van der Waals surface area contributed by atoms with Gasteiger partial charge in [0, 0.05) is 19.4 Å². The van der Waals surface area contributed by atoms with Crippen LogP contribution in [-0.2, 0) is 9.53 Å². The second-order valence-electron chi connectivity index (χ2n) is 4.97. The molecule has 0 bridgehead atoms. The van der Waals surface area contributed by atoms with Crippen LogP contribution in [0.2, 0.25) is 0 Å². The lowest BCUT2D eigenvalue weighted by molar-refractivity contribution is -0.122. The molecule has 4 heteroatoms.